The molecule has 0 saturated heterocycles. The second-order valence-corrected chi connectivity index (χ2v) is 5.94. The molecule has 0 aliphatic rings. The van der Waals surface area contributed by atoms with Crippen LogP contribution in [0.3, 0.4) is 0 Å². The van der Waals surface area contributed by atoms with Gasteiger partial charge in [-0.1, -0.05) is 30.0 Å². The number of hydrogen-bond donors (Lipinski definition) is 2. The summed E-state index contributed by atoms with van der Waals surface area (Å²) in [6.07, 6.45) is 2.27. The van der Waals surface area contributed by atoms with Crippen LogP contribution in [0.4, 0.5) is 5.13 Å². The predicted octanol–water partition coefficient (Wildman–Crippen LogP) is 1.22. The number of anilines is 1. The highest BCUT2D eigenvalue weighted by molar-refractivity contribution is 8.00. The van der Waals surface area contributed by atoms with E-state index in [4.69, 9.17) is 0 Å². The summed E-state index contributed by atoms with van der Waals surface area (Å²) in [5.74, 6) is -0.00664. The van der Waals surface area contributed by atoms with Gasteiger partial charge >= 0.3 is 5.69 Å². The summed E-state index contributed by atoms with van der Waals surface area (Å²) in [6.45, 7) is 3.80. The second-order valence-electron chi connectivity index (χ2n) is 3.89. The minimum atomic E-state index is -0.421. The average molecular weight is 311 g/mol. The molecule has 0 atom stereocenters. The Balaban J connectivity index is 1.92. The van der Waals surface area contributed by atoms with E-state index in [9.17, 15) is 9.59 Å². The molecule has 0 fully saturated rings. The lowest BCUT2D eigenvalue weighted by Gasteiger charge is -2.03. The van der Waals surface area contributed by atoms with Crippen LogP contribution in [0.5, 0.6) is 0 Å². The van der Waals surface area contributed by atoms with Crippen molar-refractivity contribution in [3.8, 4) is 0 Å². The Hall–Kier alpha value is -1.74. The molecule has 0 radical (unpaired) electrons. The molecule has 1 amide bonds. The van der Waals surface area contributed by atoms with Crippen molar-refractivity contribution in [3.05, 3.63) is 27.3 Å². The molecule has 0 bridgehead atoms. The molecule has 2 aromatic heterocycles. The van der Waals surface area contributed by atoms with Crippen molar-refractivity contribution in [2.75, 3.05) is 11.1 Å². The Morgan fingerprint density at radius 1 is 1.50 bits per heavy atom. The second kappa shape index (κ2) is 6.62. The fraction of sp³-hybridized carbons (Fsp3) is 0.364. The molecule has 20 heavy (non-hydrogen) atoms. The maximum absolute atomic E-state index is 11.8. The van der Waals surface area contributed by atoms with E-state index in [1.807, 2.05) is 13.8 Å². The van der Waals surface area contributed by atoms with Crippen LogP contribution in [0.15, 0.2) is 16.0 Å². The first-order valence-corrected chi connectivity index (χ1v) is 7.69. The fourth-order valence-electron chi connectivity index (χ4n) is 1.33. The summed E-state index contributed by atoms with van der Waals surface area (Å²) in [6, 6.07) is 0. The Morgan fingerprint density at radius 3 is 3.00 bits per heavy atom. The minimum Gasteiger partial charge on any atom is -0.300 e. The molecule has 2 heterocycles. The number of nitrogens with one attached hydrogen (secondary N) is 2. The van der Waals surface area contributed by atoms with E-state index >= 15 is 0 Å². The summed E-state index contributed by atoms with van der Waals surface area (Å²) in [5.41, 5.74) is 0.404. The zero-order valence-electron chi connectivity index (χ0n) is 11.0. The summed E-state index contributed by atoms with van der Waals surface area (Å²) in [5, 5.41) is 12.5. The smallest absolute Gasteiger partial charge is 0.300 e. The van der Waals surface area contributed by atoms with Crippen molar-refractivity contribution >= 4 is 34.1 Å². The Labute approximate surface area is 123 Å². The third kappa shape index (κ3) is 3.87. The van der Waals surface area contributed by atoms with E-state index in [1.165, 1.54) is 29.3 Å². The molecule has 7 nitrogen and oxygen atoms in total. The van der Waals surface area contributed by atoms with Crippen LogP contribution in [0.25, 0.3) is 0 Å². The maximum atomic E-state index is 11.8. The highest BCUT2D eigenvalue weighted by Crippen LogP contribution is 2.19. The minimum absolute atomic E-state index is 0.182. The predicted molar refractivity (Wildman–Crippen MR) is 78.2 cm³/mol. The number of carbonyl (C=O) groups is 1. The third-order valence-corrected chi connectivity index (χ3v) is 4.42. The van der Waals surface area contributed by atoms with Crippen LogP contribution < -0.4 is 11.0 Å². The number of thioether (sulfide) groups is 1. The van der Waals surface area contributed by atoms with Crippen molar-refractivity contribution in [1.82, 2.24) is 20.2 Å². The number of H-pyrrole nitrogens is 1. The van der Waals surface area contributed by atoms with Gasteiger partial charge in [0.2, 0.25) is 11.0 Å². The molecule has 0 aliphatic carbocycles. The van der Waals surface area contributed by atoms with Crippen LogP contribution in [-0.4, -0.2) is 31.8 Å². The molecule has 2 aromatic rings. The van der Waals surface area contributed by atoms with Gasteiger partial charge in [-0.3, -0.25) is 10.1 Å². The van der Waals surface area contributed by atoms with Gasteiger partial charge in [0.25, 0.3) is 0 Å². The fourth-order valence-corrected chi connectivity index (χ4v) is 2.82. The van der Waals surface area contributed by atoms with Crippen molar-refractivity contribution in [3.63, 3.8) is 0 Å². The molecule has 0 aromatic carbocycles. The lowest BCUT2D eigenvalue weighted by Crippen LogP contribution is -2.16. The van der Waals surface area contributed by atoms with Crippen molar-refractivity contribution in [2.24, 2.45) is 0 Å². The van der Waals surface area contributed by atoms with Crippen LogP contribution >= 0.6 is 23.1 Å². The van der Waals surface area contributed by atoms with Crippen molar-refractivity contribution < 1.29 is 4.79 Å². The van der Waals surface area contributed by atoms with Gasteiger partial charge in [-0.15, -0.1) is 10.2 Å². The normalized spacial score (nSPS) is 10.5. The lowest BCUT2D eigenvalue weighted by molar-refractivity contribution is -0.113. The molecule has 0 saturated carbocycles. The van der Waals surface area contributed by atoms with Crippen LogP contribution in [0, 0.1) is 6.92 Å². The number of aromatic amines is 1. The van der Waals surface area contributed by atoms with Crippen LogP contribution in [0.2, 0.25) is 0 Å². The molecule has 106 valence electrons. The van der Waals surface area contributed by atoms with Gasteiger partial charge in [0.05, 0.1) is 10.8 Å². The molecule has 2 rings (SSSR count). The summed E-state index contributed by atoms with van der Waals surface area (Å²) in [7, 11) is 0. The van der Waals surface area contributed by atoms with Gasteiger partial charge in [0.1, 0.15) is 5.01 Å². The van der Waals surface area contributed by atoms with Gasteiger partial charge in [0.15, 0.2) is 0 Å². The first kappa shape index (κ1) is 14.7. The first-order chi connectivity index (χ1) is 9.58. The van der Waals surface area contributed by atoms with Gasteiger partial charge in [-0.2, -0.15) is 0 Å². The Bertz CT molecular complexity index is 667. The molecule has 9 heteroatoms. The molecular formula is C11H13N5O2S2. The largest absolute Gasteiger partial charge is 0.345 e. The number of aryl methyl sites for hydroxylation is 2. The topological polar surface area (TPSA) is 101 Å². The van der Waals surface area contributed by atoms with E-state index < -0.39 is 5.69 Å². The molecule has 0 unspecified atom stereocenters. The van der Waals surface area contributed by atoms with Gasteiger partial charge in [0, 0.05) is 6.20 Å². The highest BCUT2D eigenvalue weighted by atomic mass is 32.2. The first-order valence-electron chi connectivity index (χ1n) is 5.89. The van der Waals surface area contributed by atoms with Gasteiger partial charge in [-0.05, 0) is 18.9 Å². The number of hydrogen-bond acceptors (Lipinski definition) is 7. The zero-order chi connectivity index (χ0) is 14.5. The number of rotatable bonds is 5. The summed E-state index contributed by atoms with van der Waals surface area (Å²) in [4.78, 5) is 29.1. The number of carbonyl (C=O) groups excluding carboxylic acids is 1. The average Bonchev–Trinajstić information content (AvgIpc) is 2.87. The Kier molecular flexibility index (Phi) is 4.85. The molecular weight excluding hydrogens is 298 g/mol. The van der Waals surface area contributed by atoms with Crippen molar-refractivity contribution in [2.45, 2.75) is 25.3 Å². The Morgan fingerprint density at radius 2 is 2.30 bits per heavy atom. The van der Waals surface area contributed by atoms with E-state index in [1.54, 1.807) is 0 Å². The maximum Gasteiger partial charge on any atom is 0.345 e. The standard InChI is InChI=1S/C11H13N5O2S2/c1-3-8-15-16-11(20-8)13-7(17)5-19-9-6(2)4-12-10(18)14-9/h4H,3,5H2,1-2H3,(H,12,14,18)(H,13,16,17). The van der Waals surface area contributed by atoms with Gasteiger partial charge in [-0.25, -0.2) is 9.78 Å². The number of amides is 1. The number of aromatic nitrogens is 4. The summed E-state index contributed by atoms with van der Waals surface area (Å²) >= 11 is 2.61. The zero-order valence-corrected chi connectivity index (χ0v) is 12.6. The third-order valence-electron chi connectivity index (χ3n) is 2.32. The van der Waals surface area contributed by atoms with Crippen LogP contribution in [-0.2, 0) is 11.2 Å². The molecule has 0 aliphatic heterocycles. The quantitative estimate of drug-likeness (QED) is 0.636. The van der Waals surface area contributed by atoms with Gasteiger partial charge < -0.3 is 4.98 Å². The number of nitrogens with zero attached hydrogens (tertiary/aromatic N) is 3. The van der Waals surface area contributed by atoms with E-state index in [0.29, 0.717) is 10.2 Å². The summed E-state index contributed by atoms with van der Waals surface area (Å²) < 4.78 is 0. The monoisotopic (exact) mass is 311 g/mol. The van der Waals surface area contributed by atoms with E-state index in [0.717, 1.165) is 17.0 Å². The lowest BCUT2D eigenvalue weighted by atomic mass is 10.4. The SMILES string of the molecule is CCc1nnc(NC(=O)CSc2[nH]c(=O)ncc2C)s1. The van der Waals surface area contributed by atoms with E-state index in [-0.39, 0.29) is 11.7 Å². The van der Waals surface area contributed by atoms with E-state index in [2.05, 4.69) is 25.5 Å². The van der Waals surface area contributed by atoms with Crippen LogP contribution in [0.1, 0.15) is 17.5 Å². The van der Waals surface area contributed by atoms with Crippen molar-refractivity contribution in [1.29, 1.82) is 0 Å². The molecule has 0 spiro atoms. The highest BCUT2D eigenvalue weighted by Gasteiger charge is 2.09. The molecule has 2 N–H and O–H groups in total.